The van der Waals surface area contributed by atoms with Crippen molar-refractivity contribution in [3.05, 3.63) is 60.7 Å². The van der Waals surface area contributed by atoms with Crippen LogP contribution in [0.15, 0.2) is 60.7 Å². The fourth-order valence-corrected chi connectivity index (χ4v) is 11.0. The molecule has 0 spiro atoms. The van der Waals surface area contributed by atoms with E-state index in [4.69, 9.17) is 13.9 Å². The first-order valence-corrected chi connectivity index (χ1v) is 17.0. The zero-order valence-electron chi connectivity index (χ0n) is 20.6. The van der Waals surface area contributed by atoms with E-state index in [1.807, 2.05) is 12.1 Å². The maximum atomic E-state index is 11.8. The fourth-order valence-electron chi connectivity index (χ4n) is 4.70. The van der Waals surface area contributed by atoms with Crippen LogP contribution in [0.1, 0.15) is 34.1 Å². The summed E-state index contributed by atoms with van der Waals surface area (Å²) >= 11 is 0. The number of rotatable bonds is 9. The van der Waals surface area contributed by atoms with Gasteiger partial charge in [-0.3, -0.25) is 4.79 Å². The number of epoxide rings is 1. The Morgan fingerprint density at radius 2 is 1.47 bits per heavy atom. The highest BCUT2D eigenvalue weighted by Gasteiger charge is 2.54. The Kier molecular flexibility index (Phi) is 7.49. The van der Waals surface area contributed by atoms with E-state index < -0.39 is 16.4 Å². The van der Waals surface area contributed by atoms with E-state index >= 15 is 0 Å². The van der Waals surface area contributed by atoms with E-state index in [1.54, 1.807) is 0 Å². The van der Waals surface area contributed by atoms with E-state index in [0.29, 0.717) is 13.0 Å². The number of carbonyl (C=O) groups is 1. The Morgan fingerprint density at radius 3 is 1.84 bits per heavy atom. The minimum Gasteiger partial charge on any atom is -0.460 e. The quantitative estimate of drug-likeness (QED) is 0.307. The molecule has 3 atom stereocenters. The molecule has 1 aliphatic rings. The summed E-state index contributed by atoms with van der Waals surface area (Å²) in [6.07, 6.45) is 0.367. The SMILES string of the molecule is CC(=O)O[C@@H](CCO[Si](c1ccccc1)(c1ccccc1)C(C)(C)C)[C@H]1O[C@@H]1[Si](C)(C)C. The molecule has 0 N–H and O–H groups in total. The molecule has 2 aromatic rings. The number of ether oxygens (including phenoxy) is 2. The Labute approximate surface area is 195 Å². The van der Waals surface area contributed by atoms with Gasteiger partial charge in [-0.05, 0) is 15.4 Å². The molecule has 0 unspecified atom stereocenters. The minimum absolute atomic E-state index is 0.00618. The van der Waals surface area contributed by atoms with Gasteiger partial charge in [-0.2, -0.15) is 0 Å². The van der Waals surface area contributed by atoms with Crippen LogP contribution >= 0.6 is 0 Å². The van der Waals surface area contributed by atoms with Crippen LogP contribution in [-0.2, 0) is 18.7 Å². The van der Waals surface area contributed by atoms with Crippen molar-refractivity contribution in [3.8, 4) is 0 Å². The van der Waals surface area contributed by atoms with Crippen molar-refractivity contribution >= 4 is 32.7 Å². The van der Waals surface area contributed by atoms with Gasteiger partial charge in [0.1, 0.15) is 12.2 Å². The first-order valence-electron chi connectivity index (χ1n) is 11.5. The van der Waals surface area contributed by atoms with Crippen molar-refractivity contribution in [3.63, 3.8) is 0 Å². The van der Waals surface area contributed by atoms with Crippen LogP contribution in [0.3, 0.4) is 0 Å². The lowest BCUT2D eigenvalue weighted by atomic mass is 10.2. The molecule has 1 fully saturated rings. The van der Waals surface area contributed by atoms with E-state index in [-0.39, 0.29) is 28.9 Å². The van der Waals surface area contributed by atoms with Crippen molar-refractivity contribution in [2.24, 2.45) is 0 Å². The molecule has 0 amide bonds. The van der Waals surface area contributed by atoms with Crippen LogP contribution < -0.4 is 10.4 Å². The number of benzene rings is 2. The topological polar surface area (TPSA) is 48.1 Å². The predicted molar refractivity (Wildman–Crippen MR) is 136 cm³/mol. The van der Waals surface area contributed by atoms with Crippen LogP contribution in [0.5, 0.6) is 0 Å². The van der Waals surface area contributed by atoms with Gasteiger partial charge in [-0.15, -0.1) is 0 Å². The zero-order chi connectivity index (χ0) is 23.6. The highest BCUT2D eigenvalue weighted by Crippen LogP contribution is 2.38. The lowest BCUT2D eigenvalue weighted by Gasteiger charge is -2.43. The predicted octanol–water partition coefficient (Wildman–Crippen LogP) is 4.53. The molecule has 1 heterocycles. The third-order valence-corrected chi connectivity index (χ3v) is 13.4. The minimum atomic E-state index is -2.60. The number of carbonyl (C=O) groups excluding carboxylic acids is 1. The first kappa shape index (κ1) is 24.9. The largest absolute Gasteiger partial charge is 0.460 e. The fraction of sp³-hybridized carbons (Fsp3) is 0.500. The van der Waals surface area contributed by atoms with Gasteiger partial charge < -0.3 is 13.9 Å². The summed E-state index contributed by atoms with van der Waals surface area (Å²) in [7, 11) is -4.05. The summed E-state index contributed by atoms with van der Waals surface area (Å²) in [4.78, 5) is 11.8. The Hall–Kier alpha value is -1.74. The van der Waals surface area contributed by atoms with Crippen molar-refractivity contribution in [2.45, 2.75) is 76.7 Å². The van der Waals surface area contributed by atoms with Crippen molar-refractivity contribution in [2.75, 3.05) is 6.61 Å². The second-order valence-electron chi connectivity index (χ2n) is 10.8. The average Bonchev–Trinajstić information content (AvgIpc) is 3.52. The molecule has 1 saturated heterocycles. The molecule has 0 aliphatic carbocycles. The highest BCUT2D eigenvalue weighted by molar-refractivity contribution is 6.99. The standard InChI is InChI=1S/C26H38O4Si2/c1-20(27)29-23(24-25(30-24)31(5,6)7)18-19-28-32(26(2,3)4,21-14-10-8-11-15-21)22-16-12-9-13-17-22/h8-17,23-25H,18-19H2,1-7H3/t23-,24+,25+/m0/s1. The summed E-state index contributed by atoms with van der Waals surface area (Å²) in [5.74, 6) is -0.259. The Bertz CT molecular complexity index is 848. The second-order valence-corrected chi connectivity index (χ2v) is 20.4. The van der Waals surface area contributed by atoms with Gasteiger partial charge >= 0.3 is 5.97 Å². The van der Waals surface area contributed by atoms with Gasteiger partial charge in [0, 0.05) is 20.0 Å². The van der Waals surface area contributed by atoms with Crippen molar-refractivity contribution < 1.29 is 18.7 Å². The van der Waals surface area contributed by atoms with Crippen LogP contribution in [-0.4, -0.2) is 46.9 Å². The van der Waals surface area contributed by atoms with Crippen molar-refractivity contribution in [1.29, 1.82) is 0 Å². The van der Waals surface area contributed by atoms with Gasteiger partial charge in [-0.25, -0.2) is 0 Å². The Morgan fingerprint density at radius 1 is 0.969 bits per heavy atom. The lowest BCUT2D eigenvalue weighted by Crippen LogP contribution is -2.66. The first-order chi connectivity index (χ1) is 15.0. The van der Waals surface area contributed by atoms with E-state index in [9.17, 15) is 4.79 Å². The van der Waals surface area contributed by atoms with Gasteiger partial charge in [0.25, 0.3) is 8.32 Å². The van der Waals surface area contributed by atoms with Crippen molar-refractivity contribution in [1.82, 2.24) is 0 Å². The number of esters is 1. The Balaban J connectivity index is 1.88. The van der Waals surface area contributed by atoms with Gasteiger partial charge in [0.2, 0.25) is 0 Å². The van der Waals surface area contributed by atoms with Crippen LogP contribution in [0, 0.1) is 0 Å². The average molecular weight is 471 g/mol. The van der Waals surface area contributed by atoms with E-state index in [2.05, 4.69) is 88.9 Å². The summed E-state index contributed by atoms with van der Waals surface area (Å²) in [5.41, 5.74) is 0.236. The molecule has 0 saturated carbocycles. The van der Waals surface area contributed by atoms with Crippen LogP contribution in [0.2, 0.25) is 24.7 Å². The summed E-state index contributed by atoms with van der Waals surface area (Å²) in [5, 5.41) is 2.43. The molecule has 0 bridgehead atoms. The van der Waals surface area contributed by atoms with Gasteiger partial charge in [-0.1, -0.05) is 101 Å². The van der Waals surface area contributed by atoms with Gasteiger partial charge in [0.15, 0.2) is 0 Å². The van der Waals surface area contributed by atoms with E-state index in [1.165, 1.54) is 17.3 Å². The zero-order valence-corrected chi connectivity index (χ0v) is 22.6. The van der Waals surface area contributed by atoms with Crippen LogP contribution in [0.25, 0.3) is 0 Å². The van der Waals surface area contributed by atoms with Gasteiger partial charge in [0.05, 0.1) is 13.8 Å². The molecule has 6 heteroatoms. The molecule has 32 heavy (non-hydrogen) atoms. The maximum absolute atomic E-state index is 11.8. The smallest absolute Gasteiger partial charge is 0.302 e. The molecule has 3 rings (SSSR count). The molecule has 2 aromatic carbocycles. The monoisotopic (exact) mass is 470 g/mol. The highest BCUT2D eigenvalue weighted by atomic mass is 28.4. The molecule has 1 aliphatic heterocycles. The molecule has 0 radical (unpaired) electrons. The van der Waals surface area contributed by atoms with Crippen LogP contribution in [0.4, 0.5) is 0 Å². The second kappa shape index (κ2) is 9.63. The van der Waals surface area contributed by atoms with E-state index in [0.717, 1.165) is 0 Å². The third kappa shape index (κ3) is 5.42. The third-order valence-electron chi connectivity index (χ3n) is 6.20. The molecular formula is C26H38O4Si2. The summed E-state index contributed by atoms with van der Waals surface area (Å²) in [6.45, 7) is 15.7. The molecular weight excluding hydrogens is 432 g/mol. The summed E-state index contributed by atoms with van der Waals surface area (Å²) in [6, 6.07) is 21.2. The molecule has 4 nitrogen and oxygen atoms in total. The summed E-state index contributed by atoms with van der Waals surface area (Å²) < 4.78 is 18.7. The normalized spacial score (nSPS) is 20.0. The number of hydrogen-bond acceptors (Lipinski definition) is 4. The molecule has 174 valence electrons. The lowest BCUT2D eigenvalue weighted by molar-refractivity contribution is -0.148. The number of hydrogen-bond donors (Lipinski definition) is 0. The molecule has 0 aromatic heterocycles. The maximum Gasteiger partial charge on any atom is 0.302 e.